The molecule has 0 bridgehead atoms. The third kappa shape index (κ3) is 12.4. The fourth-order valence-corrected chi connectivity index (χ4v) is 3.25. The first kappa shape index (κ1) is 32.3. The van der Waals surface area contributed by atoms with Crippen molar-refractivity contribution >= 4 is 41.6 Å². The summed E-state index contributed by atoms with van der Waals surface area (Å²) in [6, 6.07) is -0.835. The van der Waals surface area contributed by atoms with Crippen LogP contribution >= 0.6 is 0 Å². The molecule has 0 saturated carbocycles. The number of aliphatic carboxylic acids is 4. The van der Waals surface area contributed by atoms with Crippen molar-refractivity contribution in [2.75, 3.05) is 0 Å². The number of benzene rings is 1. The molecular formula is C23H30N4O12. The van der Waals surface area contributed by atoms with E-state index in [9.17, 15) is 43.8 Å². The topological polar surface area (TPSA) is 283 Å². The van der Waals surface area contributed by atoms with Gasteiger partial charge in [-0.3, -0.25) is 28.8 Å². The Kier molecular flexibility index (Phi) is 12.8. The number of hydrogen-bond donors (Lipinski definition) is 9. The molecule has 0 aliphatic rings. The van der Waals surface area contributed by atoms with Crippen molar-refractivity contribution in [2.45, 2.75) is 62.7 Å². The summed E-state index contributed by atoms with van der Waals surface area (Å²) in [6.07, 6.45) is -3.23. The van der Waals surface area contributed by atoms with Crippen molar-refractivity contribution in [2.24, 2.45) is 5.73 Å². The van der Waals surface area contributed by atoms with Gasteiger partial charge in [-0.2, -0.15) is 0 Å². The van der Waals surface area contributed by atoms with Crippen molar-refractivity contribution in [3.63, 3.8) is 0 Å². The second-order valence-corrected chi connectivity index (χ2v) is 8.46. The number of amides is 3. The van der Waals surface area contributed by atoms with Gasteiger partial charge in [0.05, 0.1) is 12.5 Å². The second kappa shape index (κ2) is 15.5. The van der Waals surface area contributed by atoms with Gasteiger partial charge in [-0.25, -0.2) is 4.79 Å². The van der Waals surface area contributed by atoms with E-state index in [1.54, 1.807) is 0 Å². The van der Waals surface area contributed by atoms with E-state index >= 15 is 0 Å². The summed E-state index contributed by atoms with van der Waals surface area (Å²) in [5, 5.41) is 52.2. The Morgan fingerprint density at radius 1 is 0.667 bits per heavy atom. The van der Waals surface area contributed by atoms with E-state index in [0.717, 1.165) is 0 Å². The van der Waals surface area contributed by atoms with E-state index in [0.29, 0.717) is 5.56 Å². The fourth-order valence-electron chi connectivity index (χ4n) is 3.25. The van der Waals surface area contributed by atoms with E-state index in [1.165, 1.54) is 24.3 Å². The Labute approximate surface area is 221 Å². The smallest absolute Gasteiger partial charge is 0.326 e. The molecule has 0 saturated heterocycles. The minimum Gasteiger partial charge on any atom is -0.508 e. The first-order chi connectivity index (χ1) is 18.2. The Balaban J connectivity index is 3.08. The van der Waals surface area contributed by atoms with Gasteiger partial charge in [0.15, 0.2) is 0 Å². The Morgan fingerprint density at radius 3 is 1.51 bits per heavy atom. The molecule has 16 nitrogen and oxygen atoms in total. The molecule has 3 amide bonds. The third-order valence-electron chi connectivity index (χ3n) is 5.28. The molecule has 1 aromatic carbocycles. The molecule has 0 fully saturated rings. The molecule has 1 rings (SSSR count). The normalized spacial score (nSPS) is 13.7. The number of phenolic OH excluding ortho intramolecular Hbond substituents is 1. The van der Waals surface area contributed by atoms with Gasteiger partial charge in [0.25, 0.3) is 0 Å². The number of phenols is 1. The number of nitrogens with one attached hydrogen (secondary N) is 3. The van der Waals surface area contributed by atoms with E-state index in [1.807, 2.05) is 0 Å². The SMILES string of the molecule is NC(CC(=O)O)C(=O)NC(CCC(=O)O)C(=O)NC(CCC(=O)O)C(=O)NC(Cc1ccc(O)cc1)C(=O)O. The van der Waals surface area contributed by atoms with Gasteiger partial charge < -0.3 is 47.2 Å². The third-order valence-corrected chi connectivity index (χ3v) is 5.28. The van der Waals surface area contributed by atoms with E-state index < -0.39 is 97.9 Å². The molecule has 10 N–H and O–H groups in total. The summed E-state index contributed by atoms with van der Waals surface area (Å²) >= 11 is 0. The highest BCUT2D eigenvalue weighted by molar-refractivity contribution is 5.95. The maximum Gasteiger partial charge on any atom is 0.326 e. The van der Waals surface area contributed by atoms with Crippen molar-refractivity contribution in [1.29, 1.82) is 0 Å². The van der Waals surface area contributed by atoms with E-state index in [-0.39, 0.29) is 12.2 Å². The monoisotopic (exact) mass is 554 g/mol. The number of aromatic hydroxyl groups is 1. The second-order valence-electron chi connectivity index (χ2n) is 8.46. The van der Waals surface area contributed by atoms with Crippen molar-refractivity contribution in [3.8, 4) is 5.75 Å². The predicted molar refractivity (Wildman–Crippen MR) is 129 cm³/mol. The largest absolute Gasteiger partial charge is 0.508 e. The molecule has 4 unspecified atom stereocenters. The number of hydrogen-bond acceptors (Lipinski definition) is 9. The summed E-state index contributed by atoms with van der Waals surface area (Å²) in [5.41, 5.74) is 5.90. The average Bonchev–Trinajstić information content (AvgIpc) is 2.83. The van der Waals surface area contributed by atoms with E-state index in [2.05, 4.69) is 16.0 Å². The van der Waals surface area contributed by atoms with Gasteiger partial charge in [0.1, 0.15) is 23.9 Å². The van der Waals surface area contributed by atoms with E-state index in [4.69, 9.17) is 21.1 Å². The van der Waals surface area contributed by atoms with Crippen LogP contribution in [0.15, 0.2) is 24.3 Å². The standard InChI is InChI=1S/C23H30N4O12/c24-13(10-19(33)34)20(35)25-14(5-7-17(29)30)21(36)26-15(6-8-18(31)32)22(37)27-16(23(38)39)9-11-1-3-12(28)4-2-11/h1-4,13-16,28H,5-10,24H2,(H,25,35)(H,26,36)(H,27,37)(H,29,30)(H,31,32)(H,33,34)(H,38,39). The quantitative estimate of drug-likeness (QED) is 0.101. The Bertz CT molecular complexity index is 1080. The number of carboxylic acids is 4. The van der Waals surface area contributed by atoms with Gasteiger partial charge in [-0.1, -0.05) is 12.1 Å². The molecule has 0 aliphatic heterocycles. The van der Waals surface area contributed by atoms with Crippen LogP contribution in [0.1, 0.15) is 37.7 Å². The first-order valence-electron chi connectivity index (χ1n) is 11.5. The fraction of sp³-hybridized carbons (Fsp3) is 0.435. The van der Waals surface area contributed by atoms with Gasteiger partial charge in [0, 0.05) is 19.3 Å². The maximum absolute atomic E-state index is 12.9. The zero-order valence-corrected chi connectivity index (χ0v) is 20.5. The zero-order chi connectivity index (χ0) is 29.7. The number of carboxylic acid groups (broad SMARTS) is 4. The molecule has 0 aliphatic carbocycles. The lowest BCUT2D eigenvalue weighted by Gasteiger charge is -2.25. The first-order valence-corrected chi connectivity index (χ1v) is 11.5. The van der Waals surface area contributed by atoms with Crippen LogP contribution in [-0.4, -0.2) is 91.3 Å². The number of nitrogens with two attached hydrogens (primary N) is 1. The molecule has 0 aromatic heterocycles. The highest BCUT2D eigenvalue weighted by Crippen LogP contribution is 2.12. The lowest BCUT2D eigenvalue weighted by Crippen LogP contribution is -2.57. The van der Waals surface area contributed by atoms with Crippen molar-refractivity contribution in [1.82, 2.24) is 16.0 Å². The number of carbonyl (C=O) groups excluding carboxylic acids is 3. The number of rotatable bonds is 17. The summed E-state index contributed by atoms with van der Waals surface area (Å²) in [4.78, 5) is 82.6. The van der Waals surface area contributed by atoms with Crippen LogP contribution < -0.4 is 21.7 Å². The maximum atomic E-state index is 12.9. The minimum atomic E-state index is -1.60. The molecule has 4 atom stereocenters. The summed E-state index contributed by atoms with van der Waals surface area (Å²) in [6.45, 7) is 0. The Hall–Kier alpha value is -4.73. The van der Waals surface area contributed by atoms with Gasteiger partial charge in [-0.05, 0) is 30.5 Å². The highest BCUT2D eigenvalue weighted by Gasteiger charge is 2.31. The molecule has 0 spiro atoms. The molecule has 39 heavy (non-hydrogen) atoms. The van der Waals surface area contributed by atoms with Gasteiger partial charge in [0.2, 0.25) is 17.7 Å². The predicted octanol–water partition coefficient (Wildman–Crippen LogP) is -1.99. The Morgan fingerprint density at radius 2 is 1.10 bits per heavy atom. The summed E-state index contributed by atoms with van der Waals surface area (Å²) in [5.74, 6) is -8.86. The molecule has 0 heterocycles. The minimum absolute atomic E-state index is 0.0698. The molecule has 1 aromatic rings. The van der Waals surface area contributed by atoms with Crippen LogP contribution in [0.5, 0.6) is 5.75 Å². The summed E-state index contributed by atoms with van der Waals surface area (Å²) < 4.78 is 0. The average molecular weight is 555 g/mol. The van der Waals surface area contributed by atoms with Crippen LogP contribution in [0.3, 0.4) is 0 Å². The molecular weight excluding hydrogens is 524 g/mol. The van der Waals surface area contributed by atoms with Gasteiger partial charge in [-0.15, -0.1) is 0 Å². The van der Waals surface area contributed by atoms with Gasteiger partial charge >= 0.3 is 23.9 Å². The van der Waals surface area contributed by atoms with Crippen LogP contribution in [0, 0.1) is 0 Å². The summed E-state index contributed by atoms with van der Waals surface area (Å²) in [7, 11) is 0. The van der Waals surface area contributed by atoms with Crippen LogP contribution in [0.2, 0.25) is 0 Å². The van der Waals surface area contributed by atoms with Crippen LogP contribution in [0.4, 0.5) is 0 Å². The lowest BCUT2D eigenvalue weighted by molar-refractivity contribution is -0.143. The van der Waals surface area contributed by atoms with Crippen molar-refractivity contribution < 1.29 is 59.1 Å². The zero-order valence-electron chi connectivity index (χ0n) is 20.5. The molecule has 16 heteroatoms. The molecule has 0 radical (unpaired) electrons. The highest BCUT2D eigenvalue weighted by atomic mass is 16.4. The van der Waals surface area contributed by atoms with Crippen molar-refractivity contribution in [3.05, 3.63) is 29.8 Å². The van der Waals surface area contributed by atoms with Crippen LogP contribution in [-0.2, 0) is 40.0 Å². The lowest BCUT2D eigenvalue weighted by atomic mass is 10.0. The number of carbonyl (C=O) groups is 7. The molecule has 214 valence electrons. The van der Waals surface area contributed by atoms with Crippen LogP contribution in [0.25, 0.3) is 0 Å².